The molecule has 0 saturated carbocycles. The normalized spacial score (nSPS) is 20.7. The highest BCUT2D eigenvalue weighted by Crippen LogP contribution is 2.25. The third-order valence-electron chi connectivity index (χ3n) is 7.31. The molecular formula is C27H43F3N4O5S. The lowest BCUT2D eigenvalue weighted by molar-refractivity contribution is -0.192. The summed E-state index contributed by atoms with van der Waals surface area (Å²) in [5.74, 6) is -1.48. The van der Waals surface area contributed by atoms with Crippen molar-refractivity contribution in [3.05, 3.63) is 28.8 Å². The van der Waals surface area contributed by atoms with E-state index >= 15 is 0 Å². The van der Waals surface area contributed by atoms with Crippen molar-refractivity contribution in [1.29, 1.82) is 0 Å². The number of benzene rings is 1. The number of piperazine rings is 1. The number of aliphatic carboxylic acids is 1. The number of alkyl halides is 3. The van der Waals surface area contributed by atoms with Gasteiger partial charge in [0.15, 0.2) is 0 Å². The number of carboxylic acids is 1. The fourth-order valence-corrected chi connectivity index (χ4v) is 6.95. The van der Waals surface area contributed by atoms with Crippen LogP contribution >= 0.6 is 0 Å². The van der Waals surface area contributed by atoms with Crippen LogP contribution in [0.2, 0.25) is 0 Å². The van der Waals surface area contributed by atoms with Crippen molar-refractivity contribution >= 4 is 21.9 Å². The van der Waals surface area contributed by atoms with E-state index in [1.165, 1.54) is 6.42 Å². The van der Waals surface area contributed by atoms with Crippen molar-refractivity contribution in [3.8, 4) is 0 Å². The van der Waals surface area contributed by atoms with Gasteiger partial charge < -0.3 is 20.2 Å². The highest BCUT2D eigenvalue weighted by atomic mass is 32.2. The quantitative estimate of drug-likeness (QED) is 0.478. The van der Waals surface area contributed by atoms with Gasteiger partial charge in [-0.1, -0.05) is 19.9 Å². The number of piperidine rings is 1. The van der Waals surface area contributed by atoms with Crippen molar-refractivity contribution in [1.82, 2.24) is 19.4 Å². The Kier molecular flexibility index (Phi) is 12.4. The Labute approximate surface area is 235 Å². The van der Waals surface area contributed by atoms with Gasteiger partial charge >= 0.3 is 12.1 Å². The molecule has 0 aliphatic carbocycles. The number of rotatable bonds is 8. The van der Waals surface area contributed by atoms with Crippen LogP contribution in [0.4, 0.5) is 13.2 Å². The zero-order chi connectivity index (χ0) is 30.3. The Hall–Kier alpha value is -2.22. The summed E-state index contributed by atoms with van der Waals surface area (Å²) in [5, 5.41) is 10.4. The molecule has 40 heavy (non-hydrogen) atoms. The lowest BCUT2D eigenvalue weighted by Gasteiger charge is -2.36. The third-order valence-corrected chi connectivity index (χ3v) is 9.35. The summed E-state index contributed by atoms with van der Waals surface area (Å²) >= 11 is 0. The lowest BCUT2D eigenvalue weighted by Crippen LogP contribution is -2.48. The number of likely N-dealkylation sites (tertiary alicyclic amines) is 1. The molecule has 0 radical (unpaired) electrons. The van der Waals surface area contributed by atoms with Crippen LogP contribution in [0.3, 0.4) is 0 Å². The van der Waals surface area contributed by atoms with Crippen LogP contribution in [0.1, 0.15) is 43.4 Å². The third kappa shape index (κ3) is 10.0. The van der Waals surface area contributed by atoms with Gasteiger partial charge in [0.1, 0.15) is 0 Å². The van der Waals surface area contributed by atoms with E-state index in [1.807, 2.05) is 31.7 Å². The molecule has 2 aliphatic heterocycles. The highest BCUT2D eigenvalue weighted by Gasteiger charge is 2.38. The number of hydrogen-bond donors (Lipinski definition) is 2. The Morgan fingerprint density at radius 3 is 2.05 bits per heavy atom. The van der Waals surface area contributed by atoms with E-state index in [0.717, 1.165) is 42.9 Å². The summed E-state index contributed by atoms with van der Waals surface area (Å²) in [6.07, 6.45) is -3.64. The number of carbonyl (C=O) groups is 2. The number of carbonyl (C=O) groups excluding carboxylic acids is 1. The van der Waals surface area contributed by atoms with E-state index in [2.05, 4.69) is 24.1 Å². The predicted octanol–water partition coefficient (Wildman–Crippen LogP) is 3.04. The maximum Gasteiger partial charge on any atom is 0.490 e. The van der Waals surface area contributed by atoms with Gasteiger partial charge in [-0.15, -0.1) is 0 Å². The molecule has 228 valence electrons. The first-order valence-corrected chi connectivity index (χ1v) is 15.0. The van der Waals surface area contributed by atoms with Crippen LogP contribution in [-0.2, 0) is 19.6 Å². The van der Waals surface area contributed by atoms with E-state index in [1.54, 1.807) is 10.4 Å². The Balaban J connectivity index is 0.000000708. The predicted molar refractivity (Wildman–Crippen MR) is 147 cm³/mol. The van der Waals surface area contributed by atoms with Crippen LogP contribution in [0.5, 0.6) is 0 Å². The van der Waals surface area contributed by atoms with Crippen molar-refractivity contribution in [3.63, 3.8) is 0 Å². The fourth-order valence-electron chi connectivity index (χ4n) is 5.22. The van der Waals surface area contributed by atoms with Crippen LogP contribution in [0, 0.1) is 32.6 Å². The topological polar surface area (TPSA) is 110 Å². The van der Waals surface area contributed by atoms with Crippen molar-refractivity contribution in [2.75, 3.05) is 58.9 Å². The zero-order valence-corrected chi connectivity index (χ0v) is 24.9. The highest BCUT2D eigenvalue weighted by molar-refractivity contribution is 7.89. The smallest absolute Gasteiger partial charge is 0.475 e. The molecule has 2 heterocycles. The van der Waals surface area contributed by atoms with Gasteiger partial charge in [0.25, 0.3) is 0 Å². The first-order valence-electron chi connectivity index (χ1n) is 13.6. The number of halogens is 3. The number of amides is 1. The Bertz CT molecular complexity index is 1110. The fraction of sp³-hybridized carbons (Fsp3) is 0.704. The first kappa shape index (κ1) is 34.0. The van der Waals surface area contributed by atoms with Gasteiger partial charge in [0, 0.05) is 65.3 Å². The average molecular weight is 593 g/mol. The van der Waals surface area contributed by atoms with E-state index in [0.29, 0.717) is 42.9 Å². The summed E-state index contributed by atoms with van der Waals surface area (Å²) in [5.41, 5.74) is 2.81. The Morgan fingerprint density at radius 2 is 1.52 bits per heavy atom. The summed E-state index contributed by atoms with van der Waals surface area (Å²) in [7, 11) is -3.70. The number of aryl methyl sites for hydroxylation is 3. The standard InChI is InChI=1S/C25H42N4O3S.C2HF3O2/c1-19-14-20(2)18-27(17-19)12-13-29(9-6-25(30)28-10-7-26-8-11-28)33(31,32)24-16-22(4)21(3)15-23(24)5;3-2(4,5)1(6)7/h15-16,19-20,26H,6-14,17-18H2,1-5H3;(H,6,7). The minimum atomic E-state index is -5.08. The van der Waals surface area contributed by atoms with Crippen LogP contribution in [-0.4, -0.2) is 105 Å². The monoisotopic (exact) mass is 592 g/mol. The molecular weight excluding hydrogens is 549 g/mol. The zero-order valence-electron chi connectivity index (χ0n) is 24.1. The van der Waals surface area contributed by atoms with Gasteiger partial charge in [-0.3, -0.25) is 4.79 Å². The van der Waals surface area contributed by atoms with Gasteiger partial charge in [-0.25, -0.2) is 13.2 Å². The number of nitrogens with one attached hydrogen (secondary N) is 1. The molecule has 0 aromatic heterocycles. The largest absolute Gasteiger partial charge is 0.490 e. The average Bonchev–Trinajstić information content (AvgIpc) is 2.85. The van der Waals surface area contributed by atoms with Crippen molar-refractivity contribution in [2.24, 2.45) is 11.8 Å². The number of sulfonamides is 1. The maximum atomic E-state index is 13.8. The van der Waals surface area contributed by atoms with E-state index in [-0.39, 0.29) is 18.9 Å². The number of nitrogens with zero attached hydrogens (tertiary/aromatic N) is 3. The Morgan fingerprint density at radius 1 is 1.00 bits per heavy atom. The molecule has 1 aromatic carbocycles. The van der Waals surface area contributed by atoms with Crippen molar-refractivity contribution in [2.45, 2.75) is 58.5 Å². The number of carboxylic acid groups (broad SMARTS) is 1. The van der Waals surface area contributed by atoms with E-state index in [4.69, 9.17) is 9.90 Å². The molecule has 2 unspecified atom stereocenters. The van der Waals surface area contributed by atoms with Gasteiger partial charge in [0.05, 0.1) is 4.90 Å². The maximum absolute atomic E-state index is 13.8. The van der Waals surface area contributed by atoms with Crippen LogP contribution in [0.25, 0.3) is 0 Å². The molecule has 13 heteroatoms. The molecule has 0 spiro atoms. The molecule has 1 amide bonds. The molecule has 2 fully saturated rings. The molecule has 2 N–H and O–H groups in total. The summed E-state index contributed by atoms with van der Waals surface area (Å²) in [4.78, 5) is 26.3. The van der Waals surface area contributed by atoms with Crippen LogP contribution in [0.15, 0.2) is 17.0 Å². The van der Waals surface area contributed by atoms with Gasteiger partial charge in [0.2, 0.25) is 15.9 Å². The minimum Gasteiger partial charge on any atom is -0.475 e. The van der Waals surface area contributed by atoms with E-state index in [9.17, 15) is 26.4 Å². The van der Waals surface area contributed by atoms with Crippen molar-refractivity contribution < 1.29 is 36.3 Å². The molecule has 2 aliphatic rings. The van der Waals surface area contributed by atoms with E-state index < -0.39 is 22.2 Å². The first-order chi connectivity index (χ1) is 18.5. The van der Waals surface area contributed by atoms with Gasteiger partial charge in [-0.2, -0.15) is 17.5 Å². The van der Waals surface area contributed by atoms with Gasteiger partial charge in [-0.05, 0) is 61.8 Å². The second-order valence-corrected chi connectivity index (χ2v) is 12.9. The second kappa shape index (κ2) is 14.6. The molecule has 2 atom stereocenters. The number of hydrogen-bond acceptors (Lipinski definition) is 6. The summed E-state index contributed by atoms with van der Waals surface area (Å²) in [6, 6.07) is 3.73. The SMILES string of the molecule is Cc1cc(C)c(S(=O)(=O)N(CCC(=O)N2CCNCC2)CCN2CC(C)CC(C)C2)cc1C.O=C(O)C(F)(F)F. The van der Waals surface area contributed by atoms with Crippen LogP contribution < -0.4 is 5.32 Å². The molecule has 3 rings (SSSR count). The summed E-state index contributed by atoms with van der Waals surface area (Å²) < 4.78 is 60.8. The molecule has 2 saturated heterocycles. The second-order valence-electron chi connectivity index (χ2n) is 11.0. The summed E-state index contributed by atoms with van der Waals surface area (Å²) in [6.45, 7) is 16.6. The lowest BCUT2D eigenvalue weighted by atomic mass is 9.92. The molecule has 1 aromatic rings. The molecule has 9 nitrogen and oxygen atoms in total. The minimum absolute atomic E-state index is 0.0359. The molecule has 0 bridgehead atoms.